The summed E-state index contributed by atoms with van der Waals surface area (Å²) in [5.74, 6) is -0.807. The van der Waals surface area contributed by atoms with Gasteiger partial charge in [-0.3, -0.25) is 4.79 Å². The van der Waals surface area contributed by atoms with E-state index in [-0.39, 0.29) is 22.3 Å². The van der Waals surface area contributed by atoms with E-state index >= 15 is 0 Å². The van der Waals surface area contributed by atoms with Gasteiger partial charge in [0.05, 0.1) is 12.8 Å². The van der Waals surface area contributed by atoms with Crippen LogP contribution in [0.5, 0.6) is 5.75 Å². The van der Waals surface area contributed by atoms with Crippen LogP contribution in [-0.4, -0.2) is 27.5 Å². The average Bonchev–Trinajstić information content (AvgIpc) is 3.15. The van der Waals surface area contributed by atoms with E-state index in [4.69, 9.17) is 4.74 Å². The second-order valence-electron chi connectivity index (χ2n) is 6.55. The van der Waals surface area contributed by atoms with Crippen LogP contribution in [0.1, 0.15) is 36.0 Å². The number of benzene rings is 2. The first-order valence-corrected chi connectivity index (χ1v) is 11.0. The number of sulfonamides is 1. The lowest BCUT2D eigenvalue weighted by atomic mass is 10.2. The van der Waals surface area contributed by atoms with E-state index in [2.05, 4.69) is 26.0 Å². The van der Waals surface area contributed by atoms with Crippen molar-refractivity contribution in [2.24, 2.45) is 0 Å². The van der Waals surface area contributed by atoms with Crippen molar-refractivity contribution in [3.8, 4) is 5.75 Å². The molecule has 0 atom stereocenters. The molecule has 0 radical (unpaired) electrons. The summed E-state index contributed by atoms with van der Waals surface area (Å²) in [5, 5.41) is 2.63. The van der Waals surface area contributed by atoms with Gasteiger partial charge in [-0.15, -0.1) is 0 Å². The van der Waals surface area contributed by atoms with Gasteiger partial charge in [0.25, 0.3) is 5.91 Å². The highest BCUT2D eigenvalue weighted by molar-refractivity contribution is 9.10. The van der Waals surface area contributed by atoms with E-state index in [1.165, 1.54) is 43.5 Å². The van der Waals surface area contributed by atoms with Crippen molar-refractivity contribution in [3.63, 3.8) is 0 Å². The predicted molar refractivity (Wildman–Crippen MR) is 108 cm³/mol. The number of rotatable bonds is 6. The minimum Gasteiger partial charge on any atom is -0.495 e. The summed E-state index contributed by atoms with van der Waals surface area (Å²) in [5.41, 5.74) is 0.513. The minimum absolute atomic E-state index is 0.0901. The quantitative estimate of drug-likeness (QED) is 0.666. The van der Waals surface area contributed by atoms with Crippen LogP contribution in [0.2, 0.25) is 0 Å². The Bertz CT molecular complexity index is 991. The molecule has 0 saturated heterocycles. The Morgan fingerprint density at radius 2 is 1.89 bits per heavy atom. The molecule has 150 valence electrons. The number of nitrogens with one attached hydrogen (secondary N) is 2. The number of ether oxygens (including phenoxy) is 1. The van der Waals surface area contributed by atoms with Crippen molar-refractivity contribution in [3.05, 3.63) is 52.3 Å². The molecule has 6 nitrogen and oxygen atoms in total. The molecule has 1 amide bonds. The highest BCUT2D eigenvalue weighted by Crippen LogP contribution is 2.28. The van der Waals surface area contributed by atoms with Crippen molar-refractivity contribution in [2.45, 2.75) is 36.6 Å². The van der Waals surface area contributed by atoms with Crippen molar-refractivity contribution >= 4 is 37.5 Å². The third-order valence-electron chi connectivity index (χ3n) is 4.57. The Hall–Kier alpha value is -1.97. The van der Waals surface area contributed by atoms with Gasteiger partial charge >= 0.3 is 0 Å². The van der Waals surface area contributed by atoms with Crippen molar-refractivity contribution in [1.82, 2.24) is 4.72 Å². The Morgan fingerprint density at radius 1 is 1.18 bits per heavy atom. The first-order chi connectivity index (χ1) is 13.3. The average molecular weight is 471 g/mol. The second-order valence-corrected chi connectivity index (χ2v) is 9.08. The topological polar surface area (TPSA) is 84.5 Å². The predicted octanol–water partition coefficient (Wildman–Crippen LogP) is 4.07. The first-order valence-electron chi connectivity index (χ1n) is 8.77. The van der Waals surface area contributed by atoms with Crippen molar-refractivity contribution in [1.29, 1.82) is 0 Å². The van der Waals surface area contributed by atoms with Gasteiger partial charge in [-0.2, -0.15) is 0 Å². The molecule has 0 aromatic heterocycles. The van der Waals surface area contributed by atoms with Crippen LogP contribution in [0.3, 0.4) is 0 Å². The largest absolute Gasteiger partial charge is 0.495 e. The molecule has 0 heterocycles. The molecule has 0 unspecified atom stereocenters. The highest BCUT2D eigenvalue weighted by atomic mass is 79.9. The molecule has 2 aromatic rings. The van der Waals surface area contributed by atoms with Gasteiger partial charge in [0.15, 0.2) is 0 Å². The zero-order chi connectivity index (χ0) is 20.3. The third-order valence-corrected chi connectivity index (χ3v) is 6.77. The van der Waals surface area contributed by atoms with Crippen LogP contribution >= 0.6 is 15.9 Å². The number of methoxy groups -OCH3 is 1. The number of hydrogen-bond donors (Lipinski definition) is 2. The van der Waals surface area contributed by atoms with Crippen LogP contribution < -0.4 is 14.8 Å². The number of anilines is 1. The van der Waals surface area contributed by atoms with E-state index in [1.807, 2.05) is 0 Å². The fourth-order valence-electron chi connectivity index (χ4n) is 3.14. The first kappa shape index (κ1) is 20.8. The fraction of sp³-hybridized carbons (Fsp3) is 0.316. The second kappa shape index (κ2) is 8.59. The normalized spacial score (nSPS) is 14.8. The van der Waals surface area contributed by atoms with Gasteiger partial charge in [0.2, 0.25) is 10.0 Å². The number of halogens is 2. The minimum atomic E-state index is -3.84. The summed E-state index contributed by atoms with van der Waals surface area (Å²) in [7, 11) is -2.47. The molecular weight excluding hydrogens is 451 g/mol. The molecule has 28 heavy (non-hydrogen) atoms. The Balaban J connectivity index is 1.88. The maximum atomic E-state index is 13.2. The maximum absolute atomic E-state index is 13.2. The molecule has 1 saturated carbocycles. The molecule has 1 fully saturated rings. The monoisotopic (exact) mass is 470 g/mol. The number of carbonyl (C=O) groups excluding carboxylic acids is 1. The van der Waals surface area contributed by atoms with Gasteiger partial charge in [-0.1, -0.05) is 12.8 Å². The van der Waals surface area contributed by atoms with Crippen molar-refractivity contribution < 1.29 is 22.3 Å². The van der Waals surface area contributed by atoms with E-state index in [0.717, 1.165) is 25.7 Å². The van der Waals surface area contributed by atoms with Crippen molar-refractivity contribution in [2.75, 3.05) is 12.4 Å². The molecule has 1 aliphatic carbocycles. The summed E-state index contributed by atoms with van der Waals surface area (Å²) in [6.07, 6.45) is 3.55. The Kier molecular flexibility index (Phi) is 6.36. The Morgan fingerprint density at radius 3 is 2.54 bits per heavy atom. The summed E-state index contributed by atoms with van der Waals surface area (Å²) >= 11 is 3.19. The summed E-state index contributed by atoms with van der Waals surface area (Å²) in [4.78, 5) is 12.5. The molecular formula is C19H20BrFN2O4S. The van der Waals surface area contributed by atoms with Crippen LogP contribution in [0.15, 0.2) is 45.8 Å². The fourth-order valence-corrected chi connectivity index (χ4v) is 5.09. The molecule has 0 aliphatic heterocycles. The van der Waals surface area contributed by atoms with Gasteiger partial charge < -0.3 is 10.1 Å². The lowest BCUT2D eigenvalue weighted by molar-refractivity contribution is 0.102. The molecule has 9 heteroatoms. The molecule has 1 aliphatic rings. The highest BCUT2D eigenvalue weighted by Gasteiger charge is 2.26. The number of amides is 1. The SMILES string of the molecule is COc1ccc(C(=O)Nc2ccc(F)cc2Br)cc1S(=O)(=O)NC1CCCC1. The van der Waals surface area contributed by atoms with E-state index in [0.29, 0.717) is 10.2 Å². The third kappa shape index (κ3) is 4.71. The maximum Gasteiger partial charge on any atom is 0.255 e. The summed E-state index contributed by atoms with van der Waals surface area (Å²) < 4.78 is 47.1. The zero-order valence-electron chi connectivity index (χ0n) is 15.2. The lowest BCUT2D eigenvalue weighted by Gasteiger charge is -2.16. The van der Waals surface area contributed by atoms with Gasteiger partial charge in [-0.05, 0) is 65.2 Å². The van der Waals surface area contributed by atoms with Crippen LogP contribution in [0.4, 0.5) is 10.1 Å². The Labute approximate surface area is 171 Å². The van der Waals surface area contributed by atoms with Gasteiger partial charge in [0, 0.05) is 16.1 Å². The van der Waals surface area contributed by atoms with E-state index in [1.54, 1.807) is 0 Å². The molecule has 2 N–H and O–H groups in total. The van der Waals surface area contributed by atoms with Crippen LogP contribution in [-0.2, 0) is 10.0 Å². The molecule has 3 rings (SSSR count). The number of carbonyl (C=O) groups is 1. The zero-order valence-corrected chi connectivity index (χ0v) is 17.6. The molecule has 0 spiro atoms. The summed E-state index contributed by atoms with van der Waals surface area (Å²) in [6, 6.07) is 7.95. The summed E-state index contributed by atoms with van der Waals surface area (Å²) in [6.45, 7) is 0. The molecule has 2 aromatic carbocycles. The van der Waals surface area contributed by atoms with Gasteiger partial charge in [-0.25, -0.2) is 17.5 Å². The van der Waals surface area contributed by atoms with Crippen LogP contribution in [0, 0.1) is 5.82 Å². The van der Waals surface area contributed by atoms with E-state index < -0.39 is 21.7 Å². The lowest BCUT2D eigenvalue weighted by Crippen LogP contribution is -2.33. The van der Waals surface area contributed by atoms with Gasteiger partial charge in [0.1, 0.15) is 16.5 Å². The standard InChI is InChI=1S/C19H20BrFN2O4S/c1-27-17-9-6-12(19(24)22-16-8-7-13(21)11-15(16)20)10-18(17)28(25,26)23-14-4-2-3-5-14/h6-11,14,23H,2-5H2,1H3,(H,22,24). The molecule has 0 bridgehead atoms. The van der Waals surface area contributed by atoms with Crippen LogP contribution in [0.25, 0.3) is 0 Å². The number of hydrogen-bond acceptors (Lipinski definition) is 4. The van der Waals surface area contributed by atoms with E-state index in [9.17, 15) is 17.6 Å². The smallest absolute Gasteiger partial charge is 0.255 e.